The number of pyridine rings is 1. The highest BCUT2D eigenvalue weighted by atomic mass is 16.3. The van der Waals surface area contributed by atoms with E-state index in [9.17, 15) is 4.79 Å². The second-order valence-corrected chi connectivity index (χ2v) is 2.25. The highest BCUT2D eigenvalue weighted by molar-refractivity contribution is 5.95. The summed E-state index contributed by atoms with van der Waals surface area (Å²) in [7, 11) is 0. The Morgan fingerprint density at radius 3 is 2.75 bits per heavy atom. The van der Waals surface area contributed by atoms with E-state index in [0.29, 0.717) is 5.69 Å². The number of carbonyl (C=O) groups is 1. The molecular weight excluding hydrogens is 158 g/mol. The molecule has 0 atom stereocenters. The van der Waals surface area contributed by atoms with Gasteiger partial charge in [-0.15, -0.1) is 0 Å². The van der Waals surface area contributed by atoms with Crippen LogP contribution >= 0.6 is 0 Å². The van der Waals surface area contributed by atoms with Crippen LogP contribution in [0.5, 0.6) is 0 Å². The molecule has 4 nitrogen and oxygen atoms in total. The van der Waals surface area contributed by atoms with Crippen LogP contribution in [-0.2, 0) is 6.61 Å². The van der Waals surface area contributed by atoms with Gasteiger partial charge in [-0.3, -0.25) is 4.79 Å². The summed E-state index contributed by atoms with van der Waals surface area (Å²) in [5.74, 6) is -0.440. The Hall–Kier alpha value is -1.26. The smallest absolute Gasteiger partial charge is 0.206 e. The van der Waals surface area contributed by atoms with Crippen molar-refractivity contribution in [3.63, 3.8) is 0 Å². The van der Waals surface area contributed by atoms with Crippen molar-refractivity contribution in [2.24, 2.45) is 0 Å². The maximum absolute atomic E-state index is 10.9. The molecule has 0 unspecified atom stereocenters. The first kappa shape index (κ1) is 8.83. The van der Waals surface area contributed by atoms with Crippen molar-refractivity contribution in [3.05, 3.63) is 29.6 Å². The third-order valence-corrected chi connectivity index (χ3v) is 1.40. The lowest BCUT2D eigenvalue weighted by atomic mass is 10.2. The van der Waals surface area contributed by atoms with E-state index in [0.717, 1.165) is 0 Å². The molecule has 1 aromatic rings. The second-order valence-electron chi connectivity index (χ2n) is 2.25. The van der Waals surface area contributed by atoms with Gasteiger partial charge < -0.3 is 10.2 Å². The van der Waals surface area contributed by atoms with Gasteiger partial charge in [-0.05, 0) is 12.1 Å². The summed E-state index contributed by atoms with van der Waals surface area (Å²) in [5, 5.41) is 17.2. The highest BCUT2D eigenvalue weighted by Crippen LogP contribution is 1.99. The maximum atomic E-state index is 10.9. The predicted molar refractivity (Wildman–Crippen MR) is 41.6 cm³/mol. The number of carbonyl (C=O) groups excluding carboxylic acids is 1. The number of hydrogen-bond acceptors (Lipinski definition) is 4. The van der Waals surface area contributed by atoms with Gasteiger partial charge in [0.15, 0.2) is 0 Å². The largest absolute Gasteiger partial charge is 0.390 e. The molecule has 0 aliphatic heterocycles. The van der Waals surface area contributed by atoms with Crippen molar-refractivity contribution < 1.29 is 15.0 Å². The molecule has 4 heteroatoms. The third-order valence-electron chi connectivity index (χ3n) is 1.40. The molecular formula is C8H9NO3. The molecule has 1 heterocycles. The molecule has 64 valence electrons. The Labute approximate surface area is 69.5 Å². The number of rotatable bonds is 3. The number of hydrogen-bond donors (Lipinski definition) is 2. The summed E-state index contributed by atoms with van der Waals surface area (Å²) in [5.41, 5.74) is 0.610. The van der Waals surface area contributed by atoms with Crippen molar-refractivity contribution >= 4 is 5.78 Å². The molecule has 0 aliphatic rings. The number of Topliss-reactive ketones (excluding diaryl/α,β-unsaturated/α-hetero) is 1. The van der Waals surface area contributed by atoms with Crippen molar-refractivity contribution in [3.8, 4) is 0 Å². The van der Waals surface area contributed by atoms with Crippen molar-refractivity contribution in [1.29, 1.82) is 0 Å². The number of aliphatic hydroxyl groups is 2. The van der Waals surface area contributed by atoms with Gasteiger partial charge in [-0.25, -0.2) is 4.98 Å². The van der Waals surface area contributed by atoms with Gasteiger partial charge in [0.1, 0.15) is 12.3 Å². The van der Waals surface area contributed by atoms with Gasteiger partial charge in [0, 0.05) is 0 Å². The standard InChI is InChI=1S/C8H9NO3/c10-4-6-2-1-3-7(9-6)8(12)5-11/h1-3,10-11H,4-5H2. The quantitative estimate of drug-likeness (QED) is 0.609. The summed E-state index contributed by atoms with van der Waals surface area (Å²) < 4.78 is 0. The predicted octanol–water partition coefficient (Wildman–Crippen LogP) is -0.251. The molecule has 0 amide bonds. The molecule has 1 aromatic heterocycles. The van der Waals surface area contributed by atoms with Crippen LogP contribution in [0.15, 0.2) is 18.2 Å². The Kier molecular flexibility index (Phi) is 2.90. The normalized spacial score (nSPS) is 9.83. The van der Waals surface area contributed by atoms with Crippen molar-refractivity contribution in [2.75, 3.05) is 6.61 Å². The zero-order valence-corrected chi connectivity index (χ0v) is 6.40. The van der Waals surface area contributed by atoms with Crippen LogP contribution in [0.3, 0.4) is 0 Å². The Morgan fingerprint density at radius 1 is 1.42 bits per heavy atom. The van der Waals surface area contributed by atoms with E-state index < -0.39 is 12.4 Å². The molecule has 1 rings (SSSR count). The SMILES string of the molecule is O=C(CO)c1cccc(CO)n1. The minimum atomic E-state index is -0.554. The lowest BCUT2D eigenvalue weighted by Crippen LogP contribution is -2.07. The van der Waals surface area contributed by atoms with E-state index in [-0.39, 0.29) is 12.3 Å². The van der Waals surface area contributed by atoms with Gasteiger partial charge in [0.2, 0.25) is 5.78 Å². The fourth-order valence-electron chi connectivity index (χ4n) is 0.804. The zero-order chi connectivity index (χ0) is 8.97. The summed E-state index contributed by atoms with van der Waals surface area (Å²) in [4.78, 5) is 14.7. The Bertz CT molecular complexity index is 285. The molecule has 2 N–H and O–H groups in total. The molecule has 0 bridgehead atoms. The fourth-order valence-corrected chi connectivity index (χ4v) is 0.804. The molecule has 0 saturated heterocycles. The third kappa shape index (κ3) is 1.87. The van der Waals surface area contributed by atoms with Gasteiger partial charge in [0.05, 0.1) is 12.3 Å². The Balaban J connectivity index is 2.93. The number of nitrogens with zero attached hydrogens (tertiary/aromatic N) is 1. The van der Waals surface area contributed by atoms with Crippen molar-refractivity contribution in [1.82, 2.24) is 4.98 Å². The van der Waals surface area contributed by atoms with E-state index >= 15 is 0 Å². The molecule has 0 aromatic carbocycles. The van der Waals surface area contributed by atoms with E-state index in [2.05, 4.69) is 4.98 Å². The number of ketones is 1. The average molecular weight is 167 g/mol. The molecule has 0 saturated carbocycles. The van der Waals surface area contributed by atoms with Crippen LogP contribution in [0.1, 0.15) is 16.2 Å². The van der Waals surface area contributed by atoms with Crippen LogP contribution in [0.4, 0.5) is 0 Å². The van der Waals surface area contributed by atoms with Crippen LogP contribution in [-0.4, -0.2) is 27.6 Å². The number of aliphatic hydroxyl groups excluding tert-OH is 2. The first-order valence-corrected chi connectivity index (χ1v) is 3.48. The van der Waals surface area contributed by atoms with E-state index in [1.165, 1.54) is 6.07 Å². The summed E-state index contributed by atoms with van der Waals surface area (Å²) in [6, 6.07) is 4.72. The van der Waals surface area contributed by atoms with Crippen molar-refractivity contribution in [2.45, 2.75) is 6.61 Å². The minimum absolute atomic E-state index is 0.184. The van der Waals surface area contributed by atoms with Crippen LogP contribution in [0.2, 0.25) is 0 Å². The topological polar surface area (TPSA) is 70.4 Å². The van der Waals surface area contributed by atoms with Gasteiger partial charge in [-0.2, -0.15) is 0 Å². The second kappa shape index (κ2) is 3.94. The van der Waals surface area contributed by atoms with E-state index in [1.54, 1.807) is 12.1 Å². The lowest BCUT2D eigenvalue weighted by molar-refractivity contribution is 0.0898. The molecule has 0 spiro atoms. The summed E-state index contributed by atoms with van der Waals surface area (Å²) >= 11 is 0. The van der Waals surface area contributed by atoms with Crippen LogP contribution < -0.4 is 0 Å². The van der Waals surface area contributed by atoms with E-state index in [4.69, 9.17) is 10.2 Å². The molecule has 0 aliphatic carbocycles. The Morgan fingerprint density at radius 2 is 2.17 bits per heavy atom. The maximum Gasteiger partial charge on any atom is 0.206 e. The summed E-state index contributed by atoms with van der Waals surface area (Å²) in [6.07, 6.45) is 0. The molecule has 0 radical (unpaired) electrons. The van der Waals surface area contributed by atoms with Crippen LogP contribution in [0, 0.1) is 0 Å². The highest BCUT2D eigenvalue weighted by Gasteiger charge is 2.05. The van der Waals surface area contributed by atoms with E-state index in [1.807, 2.05) is 0 Å². The zero-order valence-electron chi connectivity index (χ0n) is 6.40. The van der Waals surface area contributed by atoms with Gasteiger partial charge in [0.25, 0.3) is 0 Å². The van der Waals surface area contributed by atoms with Crippen LogP contribution in [0.25, 0.3) is 0 Å². The first-order chi connectivity index (χ1) is 5.77. The lowest BCUT2D eigenvalue weighted by Gasteiger charge is -1.98. The first-order valence-electron chi connectivity index (χ1n) is 3.48. The minimum Gasteiger partial charge on any atom is -0.390 e. The molecule has 12 heavy (non-hydrogen) atoms. The number of aromatic nitrogens is 1. The molecule has 0 fully saturated rings. The van der Waals surface area contributed by atoms with Gasteiger partial charge in [-0.1, -0.05) is 6.07 Å². The monoisotopic (exact) mass is 167 g/mol. The van der Waals surface area contributed by atoms with Gasteiger partial charge >= 0.3 is 0 Å². The average Bonchev–Trinajstić information content (AvgIpc) is 2.17. The fraction of sp³-hybridized carbons (Fsp3) is 0.250. The summed E-state index contributed by atoms with van der Waals surface area (Å²) in [6.45, 7) is -0.756.